The third-order valence-corrected chi connectivity index (χ3v) is 3.01. The standard InChI is InChI=1S/C15H16ClNO/c1-11(17)13-7-8-15(14(16)9-13)18-10-12-5-3-2-4-6-12/h2-9,11H,10,17H2,1H3. The van der Waals surface area contributed by atoms with Crippen LogP contribution in [0, 0.1) is 0 Å². The summed E-state index contributed by atoms with van der Waals surface area (Å²) in [7, 11) is 0. The molecule has 2 aromatic carbocycles. The molecule has 0 amide bonds. The number of halogens is 1. The first-order valence-electron chi connectivity index (χ1n) is 5.88. The number of rotatable bonds is 4. The normalized spacial score (nSPS) is 12.2. The zero-order valence-electron chi connectivity index (χ0n) is 10.3. The molecule has 0 aliphatic carbocycles. The number of ether oxygens (including phenoxy) is 1. The van der Waals surface area contributed by atoms with Gasteiger partial charge in [0.15, 0.2) is 0 Å². The Morgan fingerprint density at radius 3 is 2.50 bits per heavy atom. The average molecular weight is 262 g/mol. The minimum atomic E-state index is -0.0225. The number of hydrogen-bond donors (Lipinski definition) is 1. The molecule has 18 heavy (non-hydrogen) atoms. The minimum Gasteiger partial charge on any atom is -0.487 e. The van der Waals surface area contributed by atoms with E-state index >= 15 is 0 Å². The summed E-state index contributed by atoms with van der Waals surface area (Å²) in [6, 6.07) is 15.6. The van der Waals surface area contributed by atoms with Gasteiger partial charge in [-0.3, -0.25) is 0 Å². The van der Waals surface area contributed by atoms with Gasteiger partial charge in [0, 0.05) is 6.04 Å². The van der Waals surface area contributed by atoms with E-state index in [1.165, 1.54) is 0 Å². The van der Waals surface area contributed by atoms with Crippen molar-refractivity contribution >= 4 is 11.6 Å². The molecule has 0 spiro atoms. The summed E-state index contributed by atoms with van der Waals surface area (Å²) in [5.41, 5.74) is 7.92. The summed E-state index contributed by atoms with van der Waals surface area (Å²) in [6.07, 6.45) is 0. The summed E-state index contributed by atoms with van der Waals surface area (Å²) < 4.78 is 5.68. The van der Waals surface area contributed by atoms with Crippen molar-refractivity contribution in [2.45, 2.75) is 19.6 Å². The summed E-state index contributed by atoms with van der Waals surface area (Å²) >= 11 is 6.16. The Hall–Kier alpha value is -1.51. The second kappa shape index (κ2) is 5.89. The first-order chi connectivity index (χ1) is 8.66. The van der Waals surface area contributed by atoms with Crippen LogP contribution in [0.2, 0.25) is 5.02 Å². The fraction of sp³-hybridized carbons (Fsp3) is 0.200. The molecular weight excluding hydrogens is 246 g/mol. The molecule has 3 heteroatoms. The van der Waals surface area contributed by atoms with E-state index < -0.39 is 0 Å². The van der Waals surface area contributed by atoms with Gasteiger partial charge in [0.1, 0.15) is 12.4 Å². The van der Waals surface area contributed by atoms with Crippen molar-refractivity contribution in [3.63, 3.8) is 0 Å². The van der Waals surface area contributed by atoms with Crippen LogP contribution in [0.1, 0.15) is 24.1 Å². The lowest BCUT2D eigenvalue weighted by Crippen LogP contribution is -2.05. The quantitative estimate of drug-likeness (QED) is 0.905. The van der Waals surface area contributed by atoms with E-state index in [1.807, 2.05) is 55.5 Å². The van der Waals surface area contributed by atoms with E-state index in [-0.39, 0.29) is 6.04 Å². The Bertz CT molecular complexity index is 511. The van der Waals surface area contributed by atoms with E-state index in [0.717, 1.165) is 11.1 Å². The second-order valence-corrected chi connectivity index (χ2v) is 4.66. The monoisotopic (exact) mass is 261 g/mol. The van der Waals surface area contributed by atoms with Crippen LogP contribution in [0.25, 0.3) is 0 Å². The van der Waals surface area contributed by atoms with Crippen molar-refractivity contribution < 1.29 is 4.74 Å². The zero-order chi connectivity index (χ0) is 13.0. The van der Waals surface area contributed by atoms with Gasteiger partial charge in [-0.05, 0) is 30.2 Å². The van der Waals surface area contributed by atoms with Crippen molar-refractivity contribution in [1.82, 2.24) is 0 Å². The maximum atomic E-state index is 6.16. The molecule has 2 N–H and O–H groups in total. The molecule has 0 fully saturated rings. The maximum Gasteiger partial charge on any atom is 0.138 e. The molecule has 2 rings (SSSR count). The zero-order valence-corrected chi connectivity index (χ0v) is 11.0. The highest BCUT2D eigenvalue weighted by atomic mass is 35.5. The van der Waals surface area contributed by atoms with E-state index in [9.17, 15) is 0 Å². The third kappa shape index (κ3) is 3.25. The van der Waals surface area contributed by atoms with Gasteiger partial charge in [-0.1, -0.05) is 48.0 Å². The van der Waals surface area contributed by atoms with Gasteiger partial charge in [-0.15, -0.1) is 0 Å². The molecule has 0 heterocycles. The molecule has 0 bridgehead atoms. The van der Waals surface area contributed by atoms with Crippen molar-refractivity contribution in [2.75, 3.05) is 0 Å². The highest BCUT2D eigenvalue weighted by Crippen LogP contribution is 2.27. The lowest BCUT2D eigenvalue weighted by atomic mass is 10.1. The van der Waals surface area contributed by atoms with E-state index in [1.54, 1.807) is 0 Å². The molecule has 0 aromatic heterocycles. The van der Waals surface area contributed by atoms with Gasteiger partial charge in [-0.25, -0.2) is 0 Å². The predicted octanol–water partition coefficient (Wildman–Crippen LogP) is 3.94. The molecule has 1 atom stereocenters. The van der Waals surface area contributed by atoms with Crippen LogP contribution in [-0.4, -0.2) is 0 Å². The van der Waals surface area contributed by atoms with Gasteiger partial charge < -0.3 is 10.5 Å². The van der Waals surface area contributed by atoms with Crippen molar-refractivity contribution in [3.05, 3.63) is 64.7 Å². The molecule has 2 aromatic rings. The average Bonchev–Trinajstić information content (AvgIpc) is 2.38. The van der Waals surface area contributed by atoms with Crippen molar-refractivity contribution in [1.29, 1.82) is 0 Å². The third-order valence-electron chi connectivity index (χ3n) is 2.72. The molecule has 0 radical (unpaired) electrons. The molecule has 0 aliphatic rings. The Kier molecular flexibility index (Phi) is 4.24. The summed E-state index contributed by atoms with van der Waals surface area (Å²) in [5.74, 6) is 0.685. The summed E-state index contributed by atoms with van der Waals surface area (Å²) in [5, 5.41) is 0.598. The van der Waals surface area contributed by atoms with Crippen LogP contribution in [0.5, 0.6) is 5.75 Å². The smallest absolute Gasteiger partial charge is 0.138 e. The number of hydrogen-bond acceptors (Lipinski definition) is 2. The fourth-order valence-electron chi connectivity index (χ4n) is 1.65. The van der Waals surface area contributed by atoms with Gasteiger partial charge in [0.05, 0.1) is 5.02 Å². The van der Waals surface area contributed by atoms with Crippen LogP contribution < -0.4 is 10.5 Å². The highest BCUT2D eigenvalue weighted by molar-refractivity contribution is 6.32. The van der Waals surface area contributed by atoms with Crippen molar-refractivity contribution in [3.8, 4) is 5.75 Å². The largest absolute Gasteiger partial charge is 0.487 e. The lowest BCUT2D eigenvalue weighted by Gasteiger charge is -2.11. The minimum absolute atomic E-state index is 0.0225. The summed E-state index contributed by atoms with van der Waals surface area (Å²) in [6.45, 7) is 2.44. The van der Waals surface area contributed by atoms with Crippen LogP contribution in [0.3, 0.4) is 0 Å². The highest BCUT2D eigenvalue weighted by Gasteiger charge is 2.06. The Balaban J connectivity index is 2.06. The van der Waals surface area contributed by atoms with Crippen molar-refractivity contribution in [2.24, 2.45) is 5.73 Å². The van der Waals surface area contributed by atoms with E-state index in [0.29, 0.717) is 17.4 Å². The molecule has 1 unspecified atom stereocenters. The van der Waals surface area contributed by atoms with E-state index in [2.05, 4.69) is 0 Å². The first kappa shape index (κ1) is 12.9. The molecule has 94 valence electrons. The predicted molar refractivity (Wildman–Crippen MR) is 74.8 cm³/mol. The van der Waals surface area contributed by atoms with Crippen LogP contribution in [0.15, 0.2) is 48.5 Å². The Morgan fingerprint density at radius 1 is 1.17 bits per heavy atom. The number of nitrogens with two attached hydrogens (primary N) is 1. The van der Waals surface area contributed by atoms with Gasteiger partial charge >= 0.3 is 0 Å². The SMILES string of the molecule is CC(N)c1ccc(OCc2ccccc2)c(Cl)c1. The van der Waals surface area contributed by atoms with Gasteiger partial charge in [0.25, 0.3) is 0 Å². The Labute approximate surface area is 112 Å². The molecule has 0 saturated heterocycles. The van der Waals surface area contributed by atoms with Crippen LogP contribution in [0.4, 0.5) is 0 Å². The molecule has 0 saturated carbocycles. The maximum absolute atomic E-state index is 6.16. The van der Waals surface area contributed by atoms with Crippen LogP contribution >= 0.6 is 11.6 Å². The van der Waals surface area contributed by atoms with E-state index in [4.69, 9.17) is 22.1 Å². The Morgan fingerprint density at radius 2 is 1.89 bits per heavy atom. The topological polar surface area (TPSA) is 35.2 Å². The lowest BCUT2D eigenvalue weighted by molar-refractivity contribution is 0.306. The van der Waals surface area contributed by atoms with Gasteiger partial charge in [-0.2, -0.15) is 0 Å². The second-order valence-electron chi connectivity index (χ2n) is 4.25. The molecule has 0 aliphatic heterocycles. The molecular formula is C15H16ClNO. The molecule has 2 nitrogen and oxygen atoms in total. The fourth-order valence-corrected chi connectivity index (χ4v) is 1.90. The van der Waals surface area contributed by atoms with Gasteiger partial charge in [0.2, 0.25) is 0 Å². The summed E-state index contributed by atoms with van der Waals surface area (Å²) in [4.78, 5) is 0. The first-order valence-corrected chi connectivity index (χ1v) is 6.26. The number of benzene rings is 2. The van der Waals surface area contributed by atoms with Crippen LogP contribution in [-0.2, 0) is 6.61 Å².